The molecule has 0 bridgehead atoms. The number of hydrogen-bond donors (Lipinski definition) is 1. The molecule has 0 amide bonds. The number of carbonyl (C=O) groups excluding carboxylic acids is 1. The second-order valence-electron chi connectivity index (χ2n) is 5.81. The van der Waals surface area contributed by atoms with Crippen LogP contribution in [0, 0.1) is 0 Å². The lowest BCUT2D eigenvalue weighted by atomic mass is 9.97. The van der Waals surface area contributed by atoms with Gasteiger partial charge < -0.3 is 33.4 Å². The predicted octanol–water partition coefficient (Wildman–Crippen LogP) is 0.265. The molecular weight excluding hydrogens is 363 g/mol. The number of halogens is 1. The molecule has 4 heteroatoms. The molecule has 0 spiro atoms. The Hall–Kier alpha value is -1.14. The minimum absolute atomic E-state index is 0. The molecule has 1 unspecified atom stereocenters. The summed E-state index contributed by atoms with van der Waals surface area (Å²) in [5, 5.41) is 0. The molecule has 2 rings (SSSR count). The van der Waals surface area contributed by atoms with Gasteiger partial charge in [-0.2, -0.15) is 0 Å². The summed E-state index contributed by atoms with van der Waals surface area (Å²) in [6.45, 7) is 2.16. The average Bonchev–Trinajstić information content (AvgIpc) is 2.81. The summed E-state index contributed by atoms with van der Waals surface area (Å²) in [5.74, 6) is 0. The van der Waals surface area contributed by atoms with Crippen molar-refractivity contribution in [2.75, 3.05) is 21.1 Å². The van der Waals surface area contributed by atoms with E-state index in [1.807, 2.05) is 24.4 Å². The molecule has 0 aliphatic carbocycles. The Morgan fingerprint density at radius 1 is 1.15 bits per heavy atom. The molecule has 1 aromatic carbocycles. The summed E-state index contributed by atoms with van der Waals surface area (Å²) in [6.07, 6.45) is 2.84. The first-order valence-corrected chi connectivity index (χ1v) is 6.48. The third-order valence-electron chi connectivity index (χ3n) is 3.73. The average molecular weight is 384 g/mol. The molecule has 2 aromatic rings. The Bertz CT molecular complexity index is 570. The summed E-state index contributed by atoms with van der Waals surface area (Å²) in [7, 11) is 6.42. The molecule has 1 aromatic heterocycles. The zero-order chi connectivity index (χ0) is 14.0. The van der Waals surface area contributed by atoms with Crippen molar-refractivity contribution < 1.29 is 33.3 Å². The highest BCUT2D eigenvalue weighted by molar-refractivity contribution is 5.82. The Balaban J connectivity index is 0.00000200. The van der Waals surface area contributed by atoms with E-state index in [4.69, 9.17) is 0 Å². The van der Waals surface area contributed by atoms with E-state index in [1.165, 1.54) is 0 Å². The van der Waals surface area contributed by atoms with Gasteiger partial charge in [0.25, 0.3) is 0 Å². The lowest BCUT2D eigenvalue weighted by molar-refractivity contribution is -0.900. The summed E-state index contributed by atoms with van der Waals surface area (Å²) in [5.41, 5.74) is 4.03. The standard InChI is InChI=1S/C16H20N2O.HI/c1-12(18(2,3)4)16-14(10-17-15(16)11-19)13-8-6-5-7-9-13;/h5-12H,1-4H3;1H. The summed E-state index contributed by atoms with van der Waals surface area (Å²) >= 11 is 0. The third kappa shape index (κ3) is 3.30. The molecule has 20 heavy (non-hydrogen) atoms. The van der Waals surface area contributed by atoms with E-state index >= 15 is 0 Å². The lowest BCUT2D eigenvalue weighted by Gasteiger charge is -2.32. The first-order valence-electron chi connectivity index (χ1n) is 6.48. The van der Waals surface area contributed by atoms with Crippen LogP contribution in [0.2, 0.25) is 0 Å². The molecule has 1 atom stereocenters. The number of aromatic nitrogens is 1. The highest BCUT2D eigenvalue weighted by Crippen LogP contribution is 2.34. The number of aromatic amines is 1. The molecule has 0 radical (unpaired) electrons. The quantitative estimate of drug-likeness (QED) is 0.458. The number of rotatable bonds is 4. The van der Waals surface area contributed by atoms with Crippen LogP contribution in [-0.4, -0.2) is 36.9 Å². The molecule has 0 aliphatic heterocycles. The smallest absolute Gasteiger partial charge is 0.166 e. The normalized spacial score (nSPS) is 12.6. The van der Waals surface area contributed by atoms with Crippen LogP contribution in [0.3, 0.4) is 0 Å². The number of nitrogens with zero attached hydrogens (tertiary/aromatic N) is 1. The van der Waals surface area contributed by atoms with Gasteiger partial charge in [-0.05, 0) is 12.5 Å². The van der Waals surface area contributed by atoms with Crippen molar-refractivity contribution in [3.63, 3.8) is 0 Å². The van der Waals surface area contributed by atoms with Gasteiger partial charge in [0, 0.05) is 17.3 Å². The predicted molar refractivity (Wildman–Crippen MR) is 78.1 cm³/mol. The van der Waals surface area contributed by atoms with Gasteiger partial charge in [0.2, 0.25) is 0 Å². The Kier molecular flexibility index (Phi) is 5.53. The summed E-state index contributed by atoms with van der Waals surface area (Å²) in [4.78, 5) is 14.4. The number of benzene rings is 1. The highest BCUT2D eigenvalue weighted by atomic mass is 127. The van der Waals surface area contributed by atoms with Gasteiger partial charge in [0.15, 0.2) is 6.29 Å². The SMILES string of the molecule is CC(c1c(-c2ccccc2)c[nH]c1C=O)[N+](C)(C)C.[I-]. The van der Waals surface area contributed by atoms with Gasteiger partial charge in [0.1, 0.15) is 6.04 Å². The van der Waals surface area contributed by atoms with E-state index in [2.05, 4.69) is 45.2 Å². The van der Waals surface area contributed by atoms with Gasteiger partial charge >= 0.3 is 0 Å². The van der Waals surface area contributed by atoms with Crippen LogP contribution in [-0.2, 0) is 0 Å². The highest BCUT2D eigenvalue weighted by Gasteiger charge is 2.27. The molecule has 3 nitrogen and oxygen atoms in total. The van der Waals surface area contributed by atoms with Crippen LogP contribution < -0.4 is 24.0 Å². The third-order valence-corrected chi connectivity index (χ3v) is 3.73. The van der Waals surface area contributed by atoms with Crippen molar-refractivity contribution in [3.05, 3.63) is 47.8 Å². The number of carbonyl (C=O) groups is 1. The molecule has 1 N–H and O–H groups in total. The van der Waals surface area contributed by atoms with E-state index in [0.717, 1.165) is 27.5 Å². The fraction of sp³-hybridized carbons (Fsp3) is 0.312. The van der Waals surface area contributed by atoms with E-state index in [-0.39, 0.29) is 30.0 Å². The fourth-order valence-corrected chi connectivity index (χ4v) is 2.24. The van der Waals surface area contributed by atoms with Crippen molar-refractivity contribution in [2.24, 2.45) is 0 Å². The van der Waals surface area contributed by atoms with Crippen molar-refractivity contribution in [3.8, 4) is 11.1 Å². The van der Waals surface area contributed by atoms with Crippen LogP contribution in [0.4, 0.5) is 0 Å². The molecule has 0 saturated carbocycles. The van der Waals surface area contributed by atoms with Crippen LogP contribution >= 0.6 is 0 Å². The first-order chi connectivity index (χ1) is 8.95. The van der Waals surface area contributed by atoms with E-state index in [0.29, 0.717) is 5.69 Å². The van der Waals surface area contributed by atoms with Crippen molar-refractivity contribution in [2.45, 2.75) is 13.0 Å². The van der Waals surface area contributed by atoms with Crippen molar-refractivity contribution in [1.82, 2.24) is 4.98 Å². The molecule has 108 valence electrons. The first kappa shape index (κ1) is 16.9. The zero-order valence-electron chi connectivity index (χ0n) is 12.4. The second-order valence-corrected chi connectivity index (χ2v) is 5.81. The molecule has 0 saturated heterocycles. The van der Waals surface area contributed by atoms with Gasteiger partial charge in [0.05, 0.1) is 26.8 Å². The number of nitrogens with one attached hydrogen (secondary N) is 1. The van der Waals surface area contributed by atoms with Gasteiger partial charge in [-0.25, -0.2) is 0 Å². The van der Waals surface area contributed by atoms with Gasteiger partial charge in [-0.3, -0.25) is 4.79 Å². The lowest BCUT2D eigenvalue weighted by Crippen LogP contribution is -3.00. The minimum Gasteiger partial charge on any atom is -1.00 e. The maximum absolute atomic E-state index is 11.3. The van der Waals surface area contributed by atoms with Crippen LogP contribution in [0.5, 0.6) is 0 Å². The van der Waals surface area contributed by atoms with Crippen LogP contribution in [0.15, 0.2) is 36.5 Å². The Morgan fingerprint density at radius 3 is 2.25 bits per heavy atom. The number of quaternary nitrogens is 1. The Morgan fingerprint density at radius 2 is 1.75 bits per heavy atom. The monoisotopic (exact) mass is 384 g/mol. The number of hydrogen-bond acceptors (Lipinski definition) is 1. The van der Waals surface area contributed by atoms with Gasteiger partial charge in [-0.15, -0.1) is 0 Å². The minimum atomic E-state index is 0. The number of H-pyrrole nitrogens is 1. The summed E-state index contributed by atoms with van der Waals surface area (Å²) in [6, 6.07) is 10.4. The number of aldehydes is 1. The fourth-order valence-electron chi connectivity index (χ4n) is 2.24. The van der Waals surface area contributed by atoms with Crippen LogP contribution in [0.25, 0.3) is 11.1 Å². The maximum Gasteiger partial charge on any atom is 0.166 e. The summed E-state index contributed by atoms with van der Waals surface area (Å²) < 4.78 is 0.776. The molecule has 1 heterocycles. The van der Waals surface area contributed by atoms with E-state index in [1.54, 1.807) is 0 Å². The molecule has 0 aliphatic rings. The maximum atomic E-state index is 11.3. The van der Waals surface area contributed by atoms with Crippen LogP contribution in [0.1, 0.15) is 29.0 Å². The topological polar surface area (TPSA) is 32.9 Å². The van der Waals surface area contributed by atoms with Crippen molar-refractivity contribution >= 4 is 6.29 Å². The van der Waals surface area contributed by atoms with E-state index in [9.17, 15) is 4.79 Å². The Labute approximate surface area is 137 Å². The largest absolute Gasteiger partial charge is 1.00 e. The molecular formula is C16H21IN2O. The van der Waals surface area contributed by atoms with E-state index < -0.39 is 0 Å². The molecule has 0 fully saturated rings. The second kappa shape index (κ2) is 6.54. The van der Waals surface area contributed by atoms with Crippen molar-refractivity contribution in [1.29, 1.82) is 0 Å². The van der Waals surface area contributed by atoms with Gasteiger partial charge in [-0.1, -0.05) is 30.3 Å². The zero-order valence-corrected chi connectivity index (χ0v) is 14.5.